The fourth-order valence-corrected chi connectivity index (χ4v) is 2.95. The van der Waals surface area contributed by atoms with E-state index in [-0.39, 0.29) is 18.4 Å². The number of amides is 1. The van der Waals surface area contributed by atoms with Crippen LogP contribution in [0.15, 0.2) is 36.5 Å². The van der Waals surface area contributed by atoms with Crippen molar-refractivity contribution in [1.29, 1.82) is 0 Å². The van der Waals surface area contributed by atoms with Gasteiger partial charge in [-0.2, -0.15) is 5.10 Å². The number of carbonyl (C=O) groups is 1. The number of para-hydroxylation sites is 1. The van der Waals surface area contributed by atoms with Gasteiger partial charge >= 0.3 is 0 Å². The fraction of sp³-hybridized carbons (Fsp3) is 0.412. The Morgan fingerprint density at radius 1 is 1.36 bits per heavy atom. The van der Waals surface area contributed by atoms with Crippen LogP contribution >= 0.6 is 0 Å². The van der Waals surface area contributed by atoms with Crippen LogP contribution in [0.5, 0.6) is 0 Å². The van der Waals surface area contributed by atoms with Crippen molar-refractivity contribution in [3.8, 4) is 5.69 Å². The number of likely N-dealkylation sites (tertiary alicyclic amines) is 1. The lowest BCUT2D eigenvalue weighted by Crippen LogP contribution is -2.41. The van der Waals surface area contributed by atoms with E-state index in [4.69, 9.17) is 0 Å². The first kappa shape index (κ1) is 14.8. The summed E-state index contributed by atoms with van der Waals surface area (Å²) in [5, 5.41) is 13.8. The van der Waals surface area contributed by atoms with Crippen molar-refractivity contribution in [2.75, 3.05) is 19.7 Å². The zero-order chi connectivity index (χ0) is 15.5. The molecule has 1 N–H and O–H groups in total. The van der Waals surface area contributed by atoms with Gasteiger partial charge in [0, 0.05) is 25.9 Å². The van der Waals surface area contributed by atoms with Gasteiger partial charge in [-0.1, -0.05) is 18.2 Å². The Morgan fingerprint density at radius 2 is 2.14 bits per heavy atom. The molecular formula is C17H21N3O2. The van der Waals surface area contributed by atoms with E-state index in [0.29, 0.717) is 12.1 Å². The van der Waals surface area contributed by atoms with Gasteiger partial charge in [0.25, 0.3) is 5.91 Å². The first-order chi connectivity index (χ1) is 10.7. The van der Waals surface area contributed by atoms with Gasteiger partial charge in [0.1, 0.15) is 0 Å². The smallest absolute Gasteiger partial charge is 0.257 e. The molecule has 0 spiro atoms. The Kier molecular flexibility index (Phi) is 4.24. The molecule has 0 saturated carbocycles. The number of aryl methyl sites for hydroxylation is 1. The lowest BCUT2D eigenvalue weighted by Gasteiger charge is -2.31. The maximum atomic E-state index is 12.7. The molecule has 1 aromatic heterocycles. The number of piperidine rings is 1. The Labute approximate surface area is 130 Å². The fourth-order valence-electron chi connectivity index (χ4n) is 2.95. The van der Waals surface area contributed by atoms with Crippen molar-refractivity contribution in [1.82, 2.24) is 14.7 Å². The minimum Gasteiger partial charge on any atom is -0.396 e. The molecule has 0 aliphatic carbocycles. The first-order valence-corrected chi connectivity index (χ1v) is 7.71. The molecule has 5 nitrogen and oxygen atoms in total. The molecule has 0 bridgehead atoms. The Bertz CT molecular complexity index is 651. The van der Waals surface area contributed by atoms with Gasteiger partial charge < -0.3 is 10.0 Å². The highest BCUT2D eigenvalue weighted by Gasteiger charge is 2.26. The van der Waals surface area contributed by atoms with Gasteiger partial charge in [-0.05, 0) is 37.8 Å². The summed E-state index contributed by atoms with van der Waals surface area (Å²) in [6, 6.07) is 9.77. The standard InChI is InChI=1S/C17H21N3O2/c1-13-16(11-20(18-13)15-7-3-2-4-8-15)17(22)19-9-5-6-14(10-19)12-21/h2-4,7-8,11,14,21H,5-6,9-10,12H2,1H3. The Balaban J connectivity index is 1.83. The number of benzene rings is 1. The minimum atomic E-state index is 0.0119. The van der Waals surface area contributed by atoms with Crippen molar-refractivity contribution in [2.45, 2.75) is 19.8 Å². The summed E-state index contributed by atoms with van der Waals surface area (Å²) in [7, 11) is 0. The van der Waals surface area contributed by atoms with Crippen LogP contribution in [-0.4, -0.2) is 45.4 Å². The van der Waals surface area contributed by atoms with Crippen molar-refractivity contribution >= 4 is 5.91 Å². The van der Waals surface area contributed by atoms with E-state index >= 15 is 0 Å². The summed E-state index contributed by atoms with van der Waals surface area (Å²) in [5.41, 5.74) is 2.32. The van der Waals surface area contributed by atoms with Gasteiger partial charge in [0.05, 0.1) is 16.9 Å². The van der Waals surface area contributed by atoms with Crippen molar-refractivity contribution in [3.05, 3.63) is 47.8 Å². The van der Waals surface area contributed by atoms with Gasteiger partial charge in [-0.3, -0.25) is 4.79 Å². The van der Waals surface area contributed by atoms with Crippen LogP contribution in [0.25, 0.3) is 5.69 Å². The molecule has 1 fully saturated rings. The van der Waals surface area contributed by atoms with Crippen LogP contribution in [0.3, 0.4) is 0 Å². The number of aliphatic hydroxyl groups excluding tert-OH is 1. The molecule has 3 rings (SSSR count). The minimum absolute atomic E-state index is 0.0119. The van der Waals surface area contributed by atoms with E-state index in [1.54, 1.807) is 10.9 Å². The third-order valence-corrected chi connectivity index (χ3v) is 4.21. The number of aromatic nitrogens is 2. The average Bonchev–Trinajstić information content (AvgIpc) is 2.97. The summed E-state index contributed by atoms with van der Waals surface area (Å²) >= 11 is 0. The van der Waals surface area contributed by atoms with Crippen LogP contribution in [-0.2, 0) is 0 Å². The molecule has 2 aromatic rings. The van der Waals surface area contributed by atoms with E-state index in [1.165, 1.54) is 0 Å². The van der Waals surface area contributed by atoms with E-state index < -0.39 is 0 Å². The summed E-state index contributed by atoms with van der Waals surface area (Å²) in [6.45, 7) is 3.39. The molecule has 1 amide bonds. The molecule has 1 atom stereocenters. The first-order valence-electron chi connectivity index (χ1n) is 7.71. The normalized spacial score (nSPS) is 18.5. The van der Waals surface area contributed by atoms with Crippen molar-refractivity contribution in [3.63, 3.8) is 0 Å². The third kappa shape index (κ3) is 2.90. The van der Waals surface area contributed by atoms with E-state index in [0.717, 1.165) is 30.8 Å². The molecule has 2 heterocycles. The number of hydrogen-bond donors (Lipinski definition) is 1. The van der Waals surface area contributed by atoms with E-state index in [9.17, 15) is 9.90 Å². The topological polar surface area (TPSA) is 58.4 Å². The maximum Gasteiger partial charge on any atom is 0.257 e. The average molecular weight is 299 g/mol. The summed E-state index contributed by atoms with van der Waals surface area (Å²) < 4.78 is 1.75. The van der Waals surface area contributed by atoms with Crippen LogP contribution in [0.4, 0.5) is 0 Å². The van der Waals surface area contributed by atoms with Gasteiger partial charge in [0.2, 0.25) is 0 Å². The SMILES string of the molecule is Cc1nn(-c2ccccc2)cc1C(=O)N1CCCC(CO)C1. The molecule has 1 aliphatic rings. The number of aliphatic hydroxyl groups is 1. The maximum absolute atomic E-state index is 12.7. The quantitative estimate of drug-likeness (QED) is 0.943. The molecule has 1 unspecified atom stereocenters. The van der Waals surface area contributed by atoms with Crippen molar-refractivity contribution in [2.24, 2.45) is 5.92 Å². The Morgan fingerprint density at radius 3 is 2.86 bits per heavy atom. The summed E-state index contributed by atoms with van der Waals surface area (Å²) in [4.78, 5) is 14.6. The largest absolute Gasteiger partial charge is 0.396 e. The second kappa shape index (κ2) is 6.32. The lowest BCUT2D eigenvalue weighted by molar-refractivity contribution is 0.0620. The predicted molar refractivity (Wildman–Crippen MR) is 84.0 cm³/mol. The number of nitrogens with zero attached hydrogens (tertiary/aromatic N) is 3. The summed E-state index contributed by atoms with van der Waals surface area (Å²) in [6.07, 6.45) is 3.74. The predicted octanol–water partition coefficient (Wildman–Crippen LogP) is 2.03. The Hall–Kier alpha value is -2.14. The van der Waals surface area contributed by atoms with Gasteiger partial charge in [-0.15, -0.1) is 0 Å². The summed E-state index contributed by atoms with van der Waals surface area (Å²) in [5.74, 6) is 0.208. The monoisotopic (exact) mass is 299 g/mol. The second-order valence-corrected chi connectivity index (χ2v) is 5.85. The number of hydrogen-bond acceptors (Lipinski definition) is 3. The highest BCUT2D eigenvalue weighted by atomic mass is 16.3. The third-order valence-electron chi connectivity index (χ3n) is 4.21. The van der Waals surface area contributed by atoms with E-state index in [2.05, 4.69) is 5.10 Å². The lowest BCUT2D eigenvalue weighted by atomic mass is 9.98. The van der Waals surface area contributed by atoms with Gasteiger partial charge in [0.15, 0.2) is 0 Å². The van der Waals surface area contributed by atoms with E-state index in [1.807, 2.05) is 42.2 Å². The van der Waals surface area contributed by atoms with Crippen LogP contribution in [0, 0.1) is 12.8 Å². The van der Waals surface area contributed by atoms with Crippen LogP contribution in [0.2, 0.25) is 0 Å². The molecule has 1 aromatic carbocycles. The molecule has 1 aliphatic heterocycles. The van der Waals surface area contributed by atoms with Crippen LogP contribution in [0.1, 0.15) is 28.9 Å². The number of rotatable bonds is 3. The zero-order valence-electron chi connectivity index (χ0n) is 12.8. The molecule has 5 heteroatoms. The molecule has 0 radical (unpaired) electrons. The molecule has 22 heavy (non-hydrogen) atoms. The highest BCUT2D eigenvalue weighted by molar-refractivity contribution is 5.95. The molecule has 1 saturated heterocycles. The number of carbonyl (C=O) groups excluding carboxylic acids is 1. The zero-order valence-corrected chi connectivity index (χ0v) is 12.8. The van der Waals surface area contributed by atoms with Crippen molar-refractivity contribution < 1.29 is 9.90 Å². The highest BCUT2D eigenvalue weighted by Crippen LogP contribution is 2.20. The van der Waals surface area contributed by atoms with Gasteiger partial charge in [-0.25, -0.2) is 4.68 Å². The van der Waals surface area contributed by atoms with Crippen LogP contribution < -0.4 is 0 Å². The molecule has 116 valence electrons. The molecular weight excluding hydrogens is 278 g/mol. The second-order valence-electron chi connectivity index (χ2n) is 5.85.